The normalized spacial score (nSPS) is 16.6. The van der Waals surface area contributed by atoms with E-state index < -0.39 is 17.0 Å². The zero-order valence-corrected chi connectivity index (χ0v) is 14.3. The van der Waals surface area contributed by atoms with E-state index in [0.717, 1.165) is 22.7 Å². The second-order valence-corrected chi connectivity index (χ2v) is 7.01. The van der Waals surface area contributed by atoms with Crippen molar-refractivity contribution in [2.45, 2.75) is 29.3 Å². The predicted octanol–water partition coefficient (Wildman–Crippen LogP) is 3.82. The van der Waals surface area contributed by atoms with Crippen molar-refractivity contribution in [2.75, 3.05) is 5.32 Å². The van der Waals surface area contributed by atoms with E-state index in [4.69, 9.17) is 0 Å². The van der Waals surface area contributed by atoms with Gasteiger partial charge < -0.3 is 10.6 Å². The average molecular weight is 380 g/mol. The number of hydrogen-bond donors (Lipinski definition) is 2. The molecule has 0 saturated heterocycles. The second kappa shape index (κ2) is 7.41. The van der Waals surface area contributed by atoms with Crippen LogP contribution in [0.2, 0.25) is 0 Å². The smallest absolute Gasteiger partial charge is 0.352 e. The van der Waals surface area contributed by atoms with Crippen LogP contribution in [0.15, 0.2) is 53.4 Å². The Hall–Kier alpha value is -2.48. The van der Waals surface area contributed by atoms with E-state index in [-0.39, 0.29) is 24.8 Å². The minimum atomic E-state index is -4.39. The molecule has 0 fully saturated rings. The number of fused-ring (bicyclic) bond motifs is 1. The van der Waals surface area contributed by atoms with Gasteiger partial charge in [0.1, 0.15) is 0 Å². The maximum absolute atomic E-state index is 12.5. The SMILES string of the molecule is O=C(CC1Sc2ccccc2NC1=O)NCc1ccc(C(F)(F)F)cc1. The molecular weight excluding hydrogens is 365 g/mol. The monoisotopic (exact) mass is 380 g/mol. The summed E-state index contributed by atoms with van der Waals surface area (Å²) in [6.45, 7) is 0.104. The highest BCUT2D eigenvalue weighted by Crippen LogP contribution is 2.36. The molecule has 3 rings (SSSR count). The predicted molar refractivity (Wildman–Crippen MR) is 92.6 cm³/mol. The van der Waals surface area contributed by atoms with Crippen molar-refractivity contribution < 1.29 is 22.8 Å². The standard InChI is InChI=1S/C18H15F3N2O2S/c19-18(20,21)12-7-5-11(6-8-12)10-22-16(24)9-15-17(25)23-13-3-1-2-4-14(13)26-15/h1-8,15H,9-10H2,(H,22,24)(H,23,25). The molecule has 2 N–H and O–H groups in total. The Morgan fingerprint density at radius 2 is 1.81 bits per heavy atom. The summed E-state index contributed by atoms with van der Waals surface area (Å²) in [6.07, 6.45) is -4.39. The third-order valence-electron chi connectivity index (χ3n) is 3.85. The van der Waals surface area contributed by atoms with Gasteiger partial charge in [-0.2, -0.15) is 13.2 Å². The fourth-order valence-corrected chi connectivity index (χ4v) is 3.59. The minimum absolute atomic E-state index is 0.00846. The largest absolute Gasteiger partial charge is 0.416 e. The molecule has 1 aliphatic heterocycles. The molecule has 1 aliphatic rings. The summed E-state index contributed by atoms with van der Waals surface area (Å²) in [7, 11) is 0. The van der Waals surface area contributed by atoms with Gasteiger partial charge in [-0.3, -0.25) is 9.59 Å². The number of halogens is 3. The Bertz CT molecular complexity index is 822. The van der Waals surface area contributed by atoms with E-state index in [1.54, 1.807) is 6.07 Å². The van der Waals surface area contributed by atoms with Gasteiger partial charge in [-0.05, 0) is 29.8 Å². The third-order valence-corrected chi connectivity index (χ3v) is 5.12. The highest BCUT2D eigenvalue weighted by Gasteiger charge is 2.30. The summed E-state index contributed by atoms with van der Waals surface area (Å²) in [5.41, 5.74) is 0.544. The van der Waals surface area contributed by atoms with Gasteiger partial charge in [-0.1, -0.05) is 24.3 Å². The van der Waals surface area contributed by atoms with Crippen molar-refractivity contribution in [3.05, 3.63) is 59.7 Å². The quantitative estimate of drug-likeness (QED) is 0.848. The number of amides is 2. The van der Waals surface area contributed by atoms with E-state index in [1.807, 2.05) is 18.2 Å². The van der Waals surface area contributed by atoms with Crippen LogP contribution in [-0.4, -0.2) is 17.1 Å². The van der Waals surface area contributed by atoms with E-state index in [1.165, 1.54) is 23.9 Å². The first-order valence-corrected chi connectivity index (χ1v) is 8.70. The van der Waals surface area contributed by atoms with Gasteiger partial charge in [0.2, 0.25) is 11.8 Å². The molecule has 2 aromatic rings. The molecule has 2 amide bonds. The Kier molecular flexibility index (Phi) is 5.22. The van der Waals surface area contributed by atoms with Gasteiger partial charge in [-0.15, -0.1) is 11.8 Å². The Morgan fingerprint density at radius 3 is 2.50 bits per heavy atom. The summed E-state index contributed by atoms with van der Waals surface area (Å²) < 4.78 is 37.6. The molecule has 1 unspecified atom stereocenters. The van der Waals surface area contributed by atoms with Gasteiger partial charge >= 0.3 is 6.18 Å². The number of para-hydroxylation sites is 1. The van der Waals surface area contributed by atoms with Crippen LogP contribution in [0.4, 0.5) is 18.9 Å². The lowest BCUT2D eigenvalue weighted by Gasteiger charge is -2.23. The number of carbonyl (C=O) groups excluding carboxylic acids is 2. The maximum atomic E-state index is 12.5. The van der Waals surface area contributed by atoms with E-state index >= 15 is 0 Å². The van der Waals surface area contributed by atoms with Gasteiger partial charge in [0, 0.05) is 17.9 Å². The van der Waals surface area contributed by atoms with E-state index in [2.05, 4.69) is 10.6 Å². The topological polar surface area (TPSA) is 58.2 Å². The van der Waals surface area contributed by atoms with E-state index in [9.17, 15) is 22.8 Å². The lowest BCUT2D eigenvalue weighted by molar-refractivity contribution is -0.137. The van der Waals surface area contributed by atoms with Crippen LogP contribution in [-0.2, 0) is 22.3 Å². The Morgan fingerprint density at radius 1 is 1.12 bits per heavy atom. The van der Waals surface area contributed by atoms with Gasteiger partial charge in [0.05, 0.1) is 16.5 Å². The van der Waals surface area contributed by atoms with Crippen molar-refractivity contribution in [3.63, 3.8) is 0 Å². The van der Waals surface area contributed by atoms with Crippen LogP contribution in [0, 0.1) is 0 Å². The minimum Gasteiger partial charge on any atom is -0.352 e. The number of benzene rings is 2. The number of hydrogen-bond acceptors (Lipinski definition) is 3. The summed E-state index contributed by atoms with van der Waals surface area (Å²) in [4.78, 5) is 25.1. The van der Waals surface area contributed by atoms with E-state index in [0.29, 0.717) is 5.56 Å². The third kappa shape index (κ3) is 4.37. The number of anilines is 1. The molecule has 0 aliphatic carbocycles. The fraction of sp³-hybridized carbons (Fsp3) is 0.222. The van der Waals surface area contributed by atoms with Crippen molar-refractivity contribution in [1.82, 2.24) is 5.32 Å². The van der Waals surface area contributed by atoms with Crippen molar-refractivity contribution in [1.29, 1.82) is 0 Å². The summed E-state index contributed by atoms with van der Waals surface area (Å²) in [5.74, 6) is -0.574. The Balaban J connectivity index is 1.54. The summed E-state index contributed by atoms with van der Waals surface area (Å²) in [5, 5.41) is 4.85. The molecule has 0 saturated carbocycles. The molecule has 4 nitrogen and oxygen atoms in total. The molecule has 0 radical (unpaired) electrons. The van der Waals surface area contributed by atoms with Crippen LogP contribution in [0.3, 0.4) is 0 Å². The fourth-order valence-electron chi connectivity index (χ4n) is 2.48. The van der Waals surface area contributed by atoms with Gasteiger partial charge in [0.25, 0.3) is 0 Å². The second-order valence-electron chi connectivity index (χ2n) is 5.77. The lowest BCUT2D eigenvalue weighted by Crippen LogP contribution is -2.34. The maximum Gasteiger partial charge on any atom is 0.416 e. The molecule has 1 heterocycles. The zero-order chi connectivity index (χ0) is 18.7. The Labute approximate surface area is 152 Å². The highest BCUT2D eigenvalue weighted by molar-refractivity contribution is 8.01. The van der Waals surface area contributed by atoms with Crippen LogP contribution >= 0.6 is 11.8 Å². The number of thioether (sulfide) groups is 1. The molecule has 1 atom stereocenters. The number of carbonyl (C=O) groups is 2. The number of alkyl halides is 3. The number of nitrogens with one attached hydrogen (secondary N) is 2. The first-order chi connectivity index (χ1) is 12.3. The first kappa shape index (κ1) is 18.3. The van der Waals surface area contributed by atoms with Gasteiger partial charge in [-0.25, -0.2) is 0 Å². The first-order valence-electron chi connectivity index (χ1n) is 7.82. The molecule has 0 aromatic heterocycles. The zero-order valence-electron chi connectivity index (χ0n) is 13.5. The summed E-state index contributed by atoms with van der Waals surface area (Å²) in [6, 6.07) is 11.9. The molecule has 8 heteroatoms. The van der Waals surface area contributed by atoms with Crippen LogP contribution < -0.4 is 10.6 Å². The number of rotatable bonds is 4. The van der Waals surface area contributed by atoms with Crippen molar-refractivity contribution in [3.8, 4) is 0 Å². The van der Waals surface area contributed by atoms with Crippen molar-refractivity contribution in [2.24, 2.45) is 0 Å². The molecule has 2 aromatic carbocycles. The summed E-state index contributed by atoms with van der Waals surface area (Å²) >= 11 is 1.32. The molecule has 136 valence electrons. The average Bonchev–Trinajstić information content (AvgIpc) is 2.60. The van der Waals surface area contributed by atoms with Crippen molar-refractivity contribution >= 4 is 29.3 Å². The van der Waals surface area contributed by atoms with Gasteiger partial charge in [0.15, 0.2) is 0 Å². The molecular formula is C18H15F3N2O2S. The molecule has 0 bridgehead atoms. The molecule has 0 spiro atoms. The highest BCUT2D eigenvalue weighted by atomic mass is 32.2. The van der Waals surface area contributed by atoms with Crippen LogP contribution in [0.1, 0.15) is 17.5 Å². The van der Waals surface area contributed by atoms with Crippen LogP contribution in [0.25, 0.3) is 0 Å². The lowest BCUT2D eigenvalue weighted by atomic mass is 10.1. The molecule has 26 heavy (non-hydrogen) atoms. The van der Waals surface area contributed by atoms with Crippen LogP contribution in [0.5, 0.6) is 0 Å².